The zero-order valence-electron chi connectivity index (χ0n) is 17.8. The van der Waals surface area contributed by atoms with Crippen LogP contribution in [0.2, 0.25) is 38.3 Å². The lowest BCUT2D eigenvalue weighted by Crippen LogP contribution is -2.45. The number of carbonyl (C=O) groups is 2. The van der Waals surface area contributed by atoms with Crippen molar-refractivity contribution in [2.45, 2.75) is 51.1 Å². The number of hydrogen-bond donors (Lipinski definition) is 0. The van der Waals surface area contributed by atoms with Gasteiger partial charge in [-0.3, -0.25) is 0 Å². The third kappa shape index (κ3) is 7.98. The average molecular weight is 419 g/mol. The fourth-order valence-corrected chi connectivity index (χ4v) is 7.92. The van der Waals surface area contributed by atoms with Crippen LogP contribution in [0.15, 0.2) is 49.6 Å². The highest BCUT2D eigenvalue weighted by atomic mass is 28.3. The molecule has 0 aliphatic heterocycles. The summed E-state index contributed by atoms with van der Waals surface area (Å²) < 4.78 is 10.2. The van der Waals surface area contributed by atoms with Gasteiger partial charge in [0.1, 0.15) is 0 Å². The molecule has 0 bridgehead atoms. The van der Waals surface area contributed by atoms with Crippen LogP contribution < -0.4 is 10.4 Å². The van der Waals surface area contributed by atoms with Gasteiger partial charge in [0.15, 0.2) is 0 Å². The first-order valence-corrected chi connectivity index (χ1v) is 16.2. The molecule has 154 valence electrons. The Morgan fingerprint density at radius 3 is 1.39 bits per heavy atom. The van der Waals surface area contributed by atoms with Crippen molar-refractivity contribution in [1.82, 2.24) is 0 Å². The molecule has 0 N–H and O–H groups in total. The first kappa shape index (κ1) is 24.1. The van der Waals surface area contributed by atoms with Crippen molar-refractivity contribution in [1.29, 1.82) is 0 Å². The van der Waals surface area contributed by atoms with Gasteiger partial charge in [-0.1, -0.05) is 86.1 Å². The summed E-state index contributed by atoms with van der Waals surface area (Å²) in [5.41, 5.74) is 0. The molecular weight excluding hydrogens is 384 g/mol. The van der Waals surface area contributed by atoms with E-state index in [4.69, 9.17) is 9.47 Å². The molecular formula is C22H34O4Si2. The molecule has 0 saturated carbocycles. The van der Waals surface area contributed by atoms with E-state index >= 15 is 0 Å². The first-order chi connectivity index (χ1) is 13.1. The number of esters is 2. The minimum atomic E-state index is -1.56. The standard InChI is InChI=1S/C22H34O4Si2/c1-7-21(23)25-15-9-17-27(3,4)19-11-13-20(14-12-19)28(5,6)18-10-16-26-22(24)8-2/h7-8,11-14H,1-2,9-10,15-18H2,3-6H3. The molecule has 0 fully saturated rings. The molecule has 0 spiro atoms. The van der Waals surface area contributed by atoms with Crippen molar-refractivity contribution in [3.05, 3.63) is 49.6 Å². The van der Waals surface area contributed by atoms with E-state index < -0.39 is 16.1 Å². The topological polar surface area (TPSA) is 52.6 Å². The van der Waals surface area contributed by atoms with Crippen LogP contribution in [-0.2, 0) is 19.1 Å². The second-order valence-electron chi connectivity index (χ2n) is 8.30. The summed E-state index contributed by atoms with van der Waals surface area (Å²) in [6, 6.07) is 11.3. The van der Waals surface area contributed by atoms with Gasteiger partial charge in [0.2, 0.25) is 0 Å². The smallest absolute Gasteiger partial charge is 0.330 e. The summed E-state index contributed by atoms with van der Waals surface area (Å²) in [7, 11) is -3.12. The third-order valence-corrected chi connectivity index (χ3v) is 12.2. The van der Waals surface area contributed by atoms with Crippen LogP contribution in [-0.4, -0.2) is 41.3 Å². The van der Waals surface area contributed by atoms with Gasteiger partial charge in [-0.05, 0) is 12.8 Å². The van der Waals surface area contributed by atoms with E-state index in [0.717, 1.165) is 24.9 Å². The Bertz CT molecular complexity index is 619. The number of ether oxygens (including phenoxy) is 2. The molecule has 1 aromatic rings. The SMILES string of the molecule is C=CC(=O)OCCC[Si](C)(C)c1ccc([Si](C)(C)CCCOC(=O)C=C)cc1. The summed E-state index contributed by atoms with van der Waals surface area (Å²) in [5.74, 6) is -0.703. The van der Waals surface area contributed by atoms with Crippen LogP contribution in [0.25, 0.3) is 0 Å². The molecule has 6 heteroatoms. The largest absolute Gasteiger partial charge is 0.463 e. The Morgan fingerprint density at radius 2 is 1.11 bits per heavy atom. The minimum Gasteiger partial charge on any atom is -0.463 e. The van der Waals surface area contributed by atoms with E-state index in [-0.39, 0.29) is 11.9 Å². The Hall–Kier alpha value is -1.93. The van der Waals surface area contributed by atoms with Crippen LogP contribution in [0.4, 0.5) is 0 Å². The fraction of sp³-hybridized carbons (Fsp3) is 0.455. The summed E-state index contributed by atoms with van der Waals surface area (Å²) >= 11 is 0. The van der Waals surface area contributed by atoms with Gasteiger partial charge in [0.05, 0.1) is 29.4 Å². The van der Waals surface area contributed by atoms with Crippen molar-refractivity contribution < 1.29 is 19.1 Å². The molecule has 0 saturated heterocycles. The van der Waals surface area contributed by atoms with Crippen LogP contribution in [0, 0.1) is 0 Å². The van der Waals surface area contributed by atoms with E-state index in [9.17, 15) is 9.59 Å². The van der Waals surface area contributed by atoms with Crippen LogP contribution in [0.1, 0.15) is 12.8 Å². The molecule has 4 nitrogen and oxygen atoms in total. The summed E-state index contributed by atoms with van der Waals surface area (Å²) in [4.78, 5) is 22.3. The van der Waals surface area contributed by atoms with Crippen molar-refractivity contribution in [3.63, 3.8) is 0 Å². The van der Waals surface area contributed by atoms with E-state index in [1.807, 2.05) is 0 Å². The zero-order chi connectivity index (χ0) is 21.2. The molecule has 0 amide bonds. The molecule has 0 aliphatic carbocycles. The minimum absolute atomic E-state index is 0.352. The number of rotatable bonds is 12. The van der Waals surface area contributed by atoms with Crippen LogP contribution in [0.3, 0.4) is 0 Å². The number of benzene rings is 1. The maximum atomic E-state index is 11.1. The van der Waals surface area contributed by atoms with Gasteiger partial charge in [-0.2, -0.15) is 0 Å². The molecule has 1 aromatic carbocycles. The van der Waals surface area contributed by atoms with Crippen molar-refractivity contribution in [2.24, 2.45) is 0 Å². The highest BCUT2D eigenvalue weighted by Crippen LogP contribution is 2.15. The maximum Gasteiger partial charge on any atom is 0.330 e. The Morgan fingerprint density at radius 1 is 0.786 bits per heavy atom. The Kier molecular flexibility index (Phi) is 9.62. The predicted octanol–water partition coefficient (Wildman–Crippen LogP) is 3.76. The summed E-state index contributed by atoms with van der Waals surface area (Å²) in [6.45, 7) is 17.1. The van der Waals surface area contributed by atoms with Gasteiger partial charge in [0.25, 0.3) is 0 Å². The van der Waals surface area contributed by atoms with Gasteiger partial charge >= 0.3 is 11.9 Å². The molecule has 0 radical (unpaired) electrons. The lowest BCUT2D eigenvalue weighted by Gasteiger charge is -2.26. The Balaban J connectivity index is 2.59. The third-order valence-electron chi connectivity index (χ3n) is 5.16. The maximum absolute atomic E-state index is 11.1. The summed E-state index contributed by atoms with van der Waals surface area (Å²) in [6.07, 6.45) is 4.17. The zero-order valence-corrected chi connectivity index (χ0v) is 19.8. The van der Waals surface area contributed by atoms with E-state index in [1.165, 1.54) is 22.5 Å². The normalized spacial score (nSPS) is 11.6. The van der Waals surface area contributed by atoms with Gasteiger partial charge in [0, 0.05) is 12.2 Å². The van der Waals surface area contributed by atoms with Crippen molar-refractivity contribution >= 4 is 38.5 Å². The molecule has 0 atom stereocenters. The van der Waals surface area contributed by atoms with Crippen LogP contribution in [0.5, 0.6) is 0 Å². The molecule has 1 rings (SSSR count). The number of carbonyl (C=O) groups excluding carboxylic acids is 2. The highest BCUT2D eigenvalue weighted by molar-refractivity contribution is 6.91. The monoisotopic (exact) mass is 418 g/mol. The van der Waals surface area contributed by atoms with Crippen molar-refractivity contribution in [3.8, 4) is 0 Å². The van der Waals surface area contributed by atoms with Gasteiger partial charge in [-0.25, -0.2) is 9.59 Å². The number of hydrogen-bond acceptors (Lipinski definition) is 4. The van der Waals surface area contributed by atoms with Crippen molar-refractivity contribution in [2.75, 3.05) is 13.2 Å². The molecule has 0 aromatic heterocycles. The van der Waals surface area contributed by atoms with Crippen LogP contribution >= 0.6 is 0 Å². The predicted molar refractivity (Wildman–Crippen MR) is 122 cm³/mol. The highest BCUT2D eigenvalue weighted by Gasteiger charge is 2.26. The van der Waals surface area contributed by atoms with E-state index in [1.54, 1.807) is 0 Å². The second kappa shape index (κ2) is 11.2. The first-order valence-electron chi connectivity index (χ1n) is 9.82. The molecule has 0 unspecified atom stereocenters. The van der Waals surface area contributed by atoms with Gasteiger partial charge in [-0.15, -0.1) is 0 Å². The lowest BCUT2D eigenvalue weighted by molar-refractivity contribution is -0.138. The molecule has 0 aliphatic rings. The fourth-order valence-electron chi connectivity index (χ4n) is 3.15. The molecule has 28 heavy (non-hydrogen) atoms. The van der Waals surface area contributed by atoms with Gasteiger partial charge < -0.3 is 9.47 Å². The lowest BCUT2D eigenvalue weighted by atomic mass is 10.4. The average Bonchev–Trinajstić information content (AvgIpc) is 2.68. The molecule has 0 heterocycles. The van der Waals surface area contributed by atoms with E-state index in [2.05, 4.69) is 63.6 Å². The quantitative estimate of drug-likeness (QED) is 0.224. The Labute approximate surface area is 171 Å². The second-order valence-corrected chi connectivity index (χ2v) is 18.0. The summed E-state index contributed by atoms with van der Waals surface area (Å²) in [5, 5.41) is 2.85. The van der Waals surface area contributed by atoms with E-state index in [0.29, 0.717) is 13.2 Å².